The molecule has 2 aliphatic heterocycles. The lowest BCUT2D eigenvalue weighted by atomic mass is 9.72. The maximum absolute atomic E-state index is 13.9. The number of hydrogen-bond donors (Lipinski definition) is 7. The van der Waals surface area contributed by atoms with Crippen LogP contribution in [0.2, 0.25) is 0 Å². The number of phenols is 2. The maximum Gasteiger partial charge on any atom is 0.202 e. The number of Topliss-reactive ketones (excluding diaryl/α,β-unsaturated/α-hetero) is 1. The van der Waals surface area contributed by atoms with Crippen molar-refractivity contribution in [2.24, 2.45) is 5.73 Å². The van der Waals surface area contributed by atoms with Crippen LogP contribution in [-0.4, -0.2) is 105 Å². The SMILES string of the molecule is COc1cccc2c1C(=O)c1c(O)c3c(c(O)c1C2=O)CC(O)(C(C)=O)CC3OC1CC(NC2CC(N)C(O)C(C)O2)C(O)C(C)O1. The van der Waals surface area contributed by atoms with E-state index in [1.165, 1.54) is 32.2 Å². The summed E-state index contributed by atoms with van der Waals surface area (Å²) in [4.78, 5) is 40.3. The van der Waals surface area contributed by atoms with Crippen molar-refractivity contribution in [1.29, 1.82) is 0 Å². The number of ketones is 3. The Morgan fingerprint density at radius 3 is 2.34 bits per heavy atom. The average Bonchev–Trinajstić information content (AvgIpc) is 3.02. The van der Waals surface area contributed by atoms with Gasteiger partial charge in [0.15, 0.2) is 17.9 Å². The summed E-state index contributed by atoms with van der Waals surface area (Å²) in [6.45, 7) is 4.50. The number of hydrogen-bond acceptors (Lipinski definition) is 14. The average molecular weight is 657 g/mol. The fourth-order valence-electron chi connectivity index (χ4n) is 7.27. The van der Waals surface area contributed by atoms with Gasteiger partial charge in [-0.3, -0.25) is 19.7 Å². The minimum absolute atomic E-state index is 0.0320. The van der Waals surface area contributed by atoms with Crippen molar-refractivity contribution in [3.05, 3.63) is 51.6 Å². The van der Waals surface area contributed by atoms with Crippen LogP contribution in [0.1, 0.15) is 89.1 Å². The molecule has 8 N–H and O–H groups in total. The molecule has 14 heteroatoms. The molecule has 0 aromatic heterocycles. The smallest absolute Gasteiger partial charge is 0.202 e. The molecule has 254 valence electrons. The Kier molecular flexibility index (Phi) is 8.68. The molecule has 2 fully saturated rings. The summed E-state index contributed by atoms with van der Waals surface area (Å²) in [7, 11) is 1.34. The molecule has 2 aromatic carbocycles. The van der Waals surface area contributed by atoms with E-state index in [1.54, 1.807) is 13.8 Å². The summed E-state index contributed by atoms with van der Waals surface area (Å²) in [5.74, 6) is -3.31. The van der Waals surface area contributed by atoms with Gasteiger partial charge in [0, 0.05) is 54.5 Å². The van der Waals surface area contributed by atoms with Gasteiger partial charge in [0.2, 0.25) is 5.78 Å². The van der Waals surface area contributed by atoms with Crippen LogP contribution in [0.4, 0.5) is 0 Å². The van der Waals surface area contributed by atoms with Crippen LogP contribution in [0.3, 0.4) is 0 Å². The summed E-state index contributed by atoms with van der Waals surface area (Å²) in [5.41, 5.74) is 2.85. The van der Waals surface area contributed by atoms with Gasteiger partial charge in [-0.2, -0.15) is 0 Å². The van der Waals surface area contributed by atoms with E-state index in [1.807, 2.05) is 0 Å². The van der Waals surface area contributed by atoms with Crippen molar-refractivity contribution in [3.63, 3.8) is 0 Å². The molecule has 2 aliphatic carbocycles. The van der Waals surface area contributed by atoms with Crippen molar-refractivity contribution in [1.82, 2.24) is 5.32 Å². The first-order valence-corrected chi connectivity index (χ1v) is 15.6. The Morgan fingerprint density at radius 1 is 1.00 bits per heavy atom. The van der Waals surface area contributed by atoms with Gasteiger partial charge >= 0.3 is 0 Å². The highest BCUT2D eigenvalue weighted by atomic mass is 16.7. The van der Waals surface area contributed by atoms with Gasteiger partial charge in [-0.25, -0.2) is 0 Å². The molecular weight excluding hydrogens is 616 g/mol. The number of ether oxygens (including phenoxy) is 4. The first-order chi connectivity index (χ1) is 22.2. The number of phenolic OH excluding ortho intramolecular Hbond substituents is 2. The summed E-state index contributed by atoms with van der Waals surface area (Å²) in [6.07, 6.45) is -6.64. The van der Waals surface area contributed by atoms with Crippen LogP contribution >= 0.6 is 0 Å². The number of aliphatic hydroxyl groups is 3. The monoisotopic (exact) mass is 656 g/mol. The van der Waals surface area contributed by atoms with E-state index in [9.17, 15) is 39.9 Å². The predicted octanol–water partition coefficient (Wildman–Crippen LogP) is 0.483. The molecule has 10 unspecified atom stereocenters. The van der Waals surface area contributed by atoms with Crippen molar-refractivity contribution in [2.75, 3.05) is 7.11 Å². The number of carbonyl (C=O) groups is 3. The molecule has 0 spiro atoms. The number of nitrogens with one attached hydrogen (secondary N) is 1. The highest BCUT2D eigenvalue weighted by molar-refractivity contribution is 6.31. The Bertz CT molecular complexity index is 1620. The summed E-state index contributed by atoms with van der Waals surface area (Å²) < 4.78 is 23.4. The van der Waals surface area contributed by atoms with Gasteiger partial charge in [0.05, 0.1) is 54.3 Å². The van der Waals surface area contributed by atoms with E-state index >= 15 is 0 Å². The summed E-state index contributed by atoms with van der Waals surface area (Å²) >= 11 is 0. The quantitative estimate of drug-likeness (QED) is 0.179. The van der Waals surface area contributed by atoms with Gasteiger partial charge < -0.3 is 50.2 Å². The number of carbonyl (C=O) groups excluding carboxylic acids is 3. The molecule has 2 aromatic rings. The van der Waals surface area contributed by atoms with E-state index < -0.39 is 107 Å². The number of aliphatic hydroxyl groups excluding tert-OH is 2. The topological polar surface area (TPSA) is 227 Å². The third-order valence-electron chi connectivity index (χ3n) is 9.94. The van der Waals surface area contributed by atoms with Gasteiger partial charge in [-0.1, -0.05) is 12.1 Å². The number of aromatic hydroxyl groups is 2. The van der Waals surface area contributed by atoms with Crippen LogP contribution in [0.25, 0.3) is 0 Å². The molecule has 10 atom stereocenters. The van der Waals surface area contributed by atoms with E-state index in [-0.39, 0.29) is 47.3 Å². The Balaban J connectivity index is 1.37. The first-order valence-electron chi connectivity index (χ1n) is 15.6. The second-order valence-corrected chi connectivity index (χ2v) is 13.0. The number of rotatable bonds is 6. The predicted molar refractivity (Wildman–Crippen MR) is 162 cm³/mol. The van der Waals surface area contributed by atoms with Crippen LogP contribution in [-0.2, 0) is 25.4 Å². The highest BCUT2D eigenvalue weighted by Gasteiger charge is 2.50. The zero-order valence-electron chi connectivity index (χ0n) is 26.4. The zero-order valence-corrected chi connectivity index (χ0v) is 26.4. The highest BCUT2D eigenvalue weighted by Crippen LogP contribution is 2.52. The second kappa shape index (κ2) is 12.2. The van der Waals surface area contributed by atoms with Crippen LogP contribution < -0.4 is 15.8 Å². The normalized spacial score (nSPS) is 35.1. The third-order valence-corrected chi connectivity index (χ3v) is 9.94. The van der Waals surface area contributed by atoms with Crippen molar-refractivity contribution < 1.29 is 58.9 Å². The molecule has 0 saturated carbocycles. The number of nitrogens with two attached hydrogens (primary N) is 1. The van der Waals surface area contributed by atoms with E-state index in [0.29, 0.717) is 0 Å². The number of fused-ring (bicyclic) bond motifs is 3. The number of methoxy groups -OCH3 is 1. The molecule has 0 radical (unpaired) electrons. The van der Waals surface area contributed by atoms with Crippen molar-refractivity contribution >= 4 is 17.3 Å². The van der Waals surface area contributed by atoms with Crippen molar-refractivity contribution in [3.8, 4) is 17.2 Å². The molecule has 4 aliphatic rings. The van der Waals surface area contributed by atoms with Gasteiger partial charge in [-0.05, 0) is 26.8 Å². The lowest BCUT2D eigenvalue weighted by molar-refractivity contribution is -0.253. The first kappa shape index (κ1) is 33.4. The molecule has 47 heavy (non-hydrogen) atoms. The maximum atomic E-state index is 13.9. The Labute approximate surface area is 270 Å². The number of benzene rings is 2. The van der Waals surface area contributed by atoms with Crippen LogP contribution in [0.5, 0.6) is 17.2 Å². The summed E-state index contributed by atoms with van der Waals surface area (Å²) in [6, 6.07) is 3.23. The van der Waals surface area contributed by atoms with E-state index in [4.69, 9.17) is 24.7 Å². The lowest BCUT2D eigenvalue weighted by Crippen LogP contribution is -2.61. The minimum Gasteiger partial charge on any atom is -0.507 e. The van der Waals surface area contributed by atoms with Crippen LogP contribution in [0, 0.1) is 0 Å². The Morgan fingerprint density at radius 2 is 1.68 bits per heavy atom. The van der Waals surface area contributed by atoms with Crippen LogP contribution in [0.15, 0.2) is 18.2 Å². The molecule has 14 nitrogen and oxygen atoms in total. The zero-order chi connectivity index (χ0) is 34.1. The fraction of sp³-hybridized carbons (Fsp3) is 0.545. The van der Waals surface area contributed by atoms with Crippen molar-refractivity contribution in [2.45, 2.75) is 107 Å². The van der Waals surface area contributed by atoms with E-state index in [0.717, 1.165) is 0 Å². The molecule has 2 heterocycles. The standard InChI is InChI=1S/C33H40N2O12/c1-12-27(37)17(34)8-21(45-12)35-18-9-22(46-13(2)28(18)38)47-20-11-33(43,14(3)36)10-16-24(20)32(42)26-25(30(16)40)29(39)15-6-5-7-19(44-4)23(15)31(26)41/h5-7,12-13,17-18,20-22,27-28,35,37-38,40,42-43H,8-11,34H2,1-4H3. The third kappa shape index (κ3) is 5.52. The van der Waals surface area contributed by atoms with Gasteiger partial charge in [-0.15, -0.1) is 0 Å². The van der Waals surface area contributed by atoms with Gasteiger partial charge in [0.1, 0.15) is 29.1 Å². The minimum atomic E-state index is -2.06. The largest absolute Gasteiger partial charge is 0.507 e. The fourth-order valence-corrected chi connectivity index (χ4v) is 7.27. The van der Waals surface area contributed by atoms with E-state index in [2.05, 4.69) is 5.32 Å². The molecule has 0 bridgehead atoms. The van der Waals surface area contributed by atoms with Gasteiger partial charge in [0.25, 0.3) is 0 Å². The molecule has 2 saturated heterocycles. The molecule has 6 rings (SSSR count). The lowest BCUT2D eigenvalue weighted by Gasteiger charge is -2.44. The molecule has 0 amide bonds. The Hall–Kier alpha value is -3.47. The molecular formula is C33H40N2O12. The summed E-state index contributed by atoms with van der Waals surface area (Å²) in [5, 5.41) is 59.1. The second-order valence-electron chi connectivity index (χ2n) is 13.0.